The lowest BCUT2D eigenvalue weighted by molar-refractivity contribution is -0.175. The lowest BCUT2D eigenvalue weighted by Gasteiger charge is -2.34. The quantitative estimate of drug-likeness (QED) is 0.660. The number of carbonyl (C=O) groups is 2. The molecule has 27 heavy (non-hydrogen) atoms. The molecular weight excluding hydrogens is 365 g/mol. The number of ether oxygens (including phenoxy) is 1. The number of Topliss-reactive ketones (excluding diaryl/α,β-unsaturated/α-hetero) is 1. The fourth-order valence-corrected chi connectivity index (χ4v) is 3.81. The second-order valence-electron chi connectivity index (χ2n) is 6.48. The monoisotopic (exact) mass is 378 g/mol. The van der Waals surface area contributed by atoms with Crippen LogP contribution in [-0.2, 0) is 22.3 Å². The number of amides is 1. The Morgan fingerprint density at radius 1 is 1.22 bits per heavy atom. The molecule has 0 aromatic heterocycles. The number of nitrogens with two attached hydrogens (primary N) is 1. The molecule has 0 bridgehead atoms. The zero-order valence-corrected chi connectivity index (χ0v) is 13.8. The predicted molar refractivity (Wildman–Crippen MR) is 86.6 cm³/mol. The Labute approximate surface area is 150 Å². The van der Waals surface area contributed by atoms with Gasteiger partial charge in [-0.2, -0.15) is 13.2 Å². The molecule has 1 aliphatic carbocycles. The third-order valence-corrected chi connectivity index (χ3v) is 4.87. The summed E-state index contributed by atoms with van der Waals surface area (Å²) in [5.41, 5.74) is 2.64. The minimum absolute atomic E-state index is 0.0222. The smallest absolute Gasteiger partial charge is 0.416 e. The zero-order valence-electron chi connectivity index (χ0n) is 13.8. The third-order valence-electron chi connectivity index (χ3n) is 4.87. The number of nitrogen functional groups attached to an aromatic ring is 1. The molecule has 1 unspecified atom stereocenters. The van der Waals surface area contributed by atoms with Crippen LogP contribution < -0.4 is 15.8 Å². The Morgan fingerprint density at radius 2 is 1.93 bits per heavy atom. The molecule has 2 atom stereocenters. The third kappa shape index (κ3) is 2.00. The fourth-order valence-electron chi connectivity index (χ4n) is 3.81. The molecule has 0 radical (unpaired) electrons. The Balaban J connectivity index is 2.02. The zero-order chi connectivity index (χ0) is 19.8. The summed E-state index contributed by atoms with van der Waals surface area (Å²) in [6.07, 6.45) is -4.65. The maximum atomic E-state index is 13.2. The summed E-state index contributed by atoms with van der Waals surface area (Å²) in [7, 11) is 0. The number of carbonyl (C=O) groups excluding carboxylic acids is 2. The summed E-state index contributed by atoms with van der Waals surface area (Å²) in [5, 5.41) is 13.7. The standard InChI is InChI=1S/C18H13F3N2O4/c1-8(24)23-16-10-6-5-9(18(19,20)21)7-13(10)27-17(16,26)11-3-2-4-12(22)14(11)15(16)25/h2-7,26H,22H2,1H3,(H,23,24)/t16?,17-/m0/s1. The van der Waals surface area contributed by atoms with E-state index < -0.39 is 34.8 Å². The number of aliphatic hydroxyl groups is 1. The van der Waals surface area contributed by atoms with Gasteiger partial charge in [-0.15, -0.1) is 0 Å². The summed E-state index contributed by atoms with van der Waals surface area (Å²) in [6.45, 7) is 1.12. The van der Waals surface area contributed by atoms with E-state index >= 15 is 0 Å². The first-order valence-corrected chi connectivity index (χ1v) is 7.88. The second kappa shape index (κ2) is 5.01. The highest BCUT2D eigenvalue weighted by Gasteiger charge is 2.72. The molecule has 0 spiro atoms. The van der Waals surface area contributed by atoms with Gasteiger partial charge in [-0.05, 0) is 18.2 Å². The van der Waals surface area contributed by atoms with E-state index in [4.69, 9.17) is 10.5 Å². The van der Waals surface area contributed by atoms with Crippen molar-refractivity contribution in [2.75, 3.05) is 5.73 Å². The summed E-state index contributed by atoms with van der Waals surface area (Å²) >= 11 is 0. The fraction of sp³-hybridized carbons (Fsp3) is 0.222. The van der Waals surface area contributed by atoms with Crippen LogP contribution in [-0.4, -0.2) is 16.8 Å². The molecule has 0 fully saturated rings. The SMILES string of the molecule is CC(=O)NC12C(=O)c3c(N)cccc3[C@]1(O)Oc1cc(C(F)(F)F)ccc12. The first-order valence-electron chi connectivity index (χ1n) is 7.88. The van der Waals surface area contributed by atoms with E-state index in [1.807, 2.05) is 0 Å². The van der Waals surface area contributed by atoms with Crippen molar-refractivity contribution in [3.63, 3.8) is 0 Å². The van der Waals surface area contributed by atoms with Gasteiger partial charge in [-0.3, -0.25) is 9.59 Å². The molecule has 2 aromatic carbocycles. The summed E-state index contributed by atoms with van der Waals surface area (Å²) in [5.74, 6) is -4.20. The van der Waals surface area contributed by atoms with Crippen molar-refractivity contribution in [1.82, 2.24) is 5.32 Å². The number of alkyl halides is 3. The van der Waals surface area contributed by atoms with Gasteiger partial charge in [-0.25, -0.2) is 0 Å². The van der Waals surface area contributed by atoms with Crippen molar-refractivity contribution >= 4 is 17.4 Å². The molecule has 2 aliphatic rings. The van der Waals surface area contributed by atoms with Gasteiger partial charge in [0.15, 0.2) is 0 Å². The highest BCUT2D eigenvalue weighted by molar-refractivity contribution is 6.15. The number of hydrogen-bond donors (Lipinski definition) is 3. The lowest BCUT2D eigenvalue weighted by atomic mass is 9.82. The molecular formula is C18H13F3N2O4. The number of hydrogen-bond acceptors (Lipinski definition) is 5. The topological polar surface area (TPSA) is 102 Å². The summed E-state index contributed by atoms with van der Waals surface area (Å²) < 4.78 is 44.6. The Morgan fingerprint density at radius 3 is 2.56 bits per heavy atom. The Bertz CT molecular complexity index is 1020. The number of ketones is 1. The van der Waals surface area contributed by atoms with Crippen LogP contribution in [0.25, 0.3) is 0 Å². The highest BCUT2D eigenvalue weighted by Crippen LogP contribution is 2.59. The second-order valence-corrected chi connectivity index (χ2v) is 6.48. The maximum absolute atomic E-state index is 13.2. The normalized spacial score (nSPS) is 25.4. The van der Waals surface area contributed by atoms with Crippen molar-refractivity contribution in [2.45, 2.75) is 24.4 Å². The largest absolute Gasteiger partial charge is 0.454 e. The van der Waals surface area contributed by atoms with Crippen molar-refractivity contribution in [3.05, 3.63) is 58.7 Å². The van der Waals surface area contributed by atoms with Crippen molar-refractivity contribution in [2.24, 2.45) is 0 Å². The van der Waals surface area contributed by atoms with Gasteiger partial charge in [0.1, 0.15) is 5.75 Å². The number of rotatable bonds is 1. The van der Waals surface area contributed by atoms with Crippen LogP contribution in [0.4, 0.5) is 18.9 Å². The minimum Gasteiger partial charge on any atom is -0.454 e. The average molecular weight is 378 g/mol. The molecule has 1 amide bonds. The number of halogens is 3. The first-order chi connectivity index (χ1) is 12.5. The van der Waals surface area contributed by atoms with Crippen molar-refractivity contribution in [1.29, 1.82) is 0 Å². The number of anilines is 1. The summed E-state index contributed by atoms with van der Waals surface area (Å²) in [6, 6.07) is 6.76. The molecule has 6 nitrogen and oxygen atoms in total. The highest BCUT2D eigenvalue weighted by atomic mass is 19.4. The molecule has 4 N–H and O–H groups in total. The minimum atomic E-state index is -4.65. The van der Waals surface area contributed by atoms with Crippen LogP contribution in [0.1, 0.15) is 34.0 Å². The maximum Gasteiger partial charge on any atom is 0.416 e. The molecule has 2 aromatic rings. The van der Waals surface area contributed by atoms with Gasteiger partial charge in [0.25, 0.3) is 5.79 Å². The molecule has 1 heterocycles. The van der Waals surface area contributed by atoms with Gasteiger partial charge in [-0.1, -0.05) is 18.2 Å². The van der Waals surface area contributed by atoms with Gasteiger partial charge >= 0.3 is 6.18 Å². The van der Waals surface area contributed by atoms with Crippen LogP contribution in [0.2, 0.25) is 0 Å². The van der Waals surface area contributed by atoms with E-state index in [0.29, 0.717) is 6.07 Å². The Hall–Kier alpha value is -3.07. The van der Waals surface area contributed by atoms with E-state index in [-0.39, 0.29) is 28.1 Å². The molecule has 0 saturated heterocycles. The molecule has 4 rings (SSSR count). The van der Waals surface area contributed by atoms with Crippen LogP contribution in [0.15, 0.2) is 36.4 Å². The van der Waals surface area contributed by atoms with Crippen LogP contribution in [0.3, 0.4) is 0 Å². The van der Waals surface area contributed by atoms with Gasteiger partial charge in [0.2, 0.25) is 17.2 Å². The Kier molecular flexibility index (Phi) is 3.22. The van der Waals surface area contributed by atoms with E-state index in [1.165, 1.54) is 18.2 Å². The van der Waals surface area contributed by atoms with Crippen LogP contribution in [0, 0.1) is 0 Å². The van der Waals surface area contributed by atoms with Gasteiger partial charge in [0.05, 0.1) is 11.1 Å². The van der Waals surface area contributed by atoms with Crippen molar-refractivity contribution < 1.29 is 32.6 Å². The molecule has 1 aliphatic heterocycles. The summed E-state index contributed by atoms with van der Waals surface area (Å²) in [4.78, 5) is 25.1. The molecule has 0 saturated carbocycles. The van der Waals surface area contributed by atoms with E-state index in [1.54, 1.807) is 0 Å². The molecule has 140 valence electrons. The molecule has 9 heteroatoms. The number of nitrogens with one attached hydrogen (secondary N) is 1. The van der Waals surface area contributed by atoms with Crippen molar-refractivity contribution in [3.8, 4) is 5.75 Å². The predicted octanol–water partition coefficient (Wildman–Crippen LogP) is 2.05. The van der Waals surface area contributed by atoms with Crippen LogP contribution in [0.5, 0.6) is 5.75 Å². The number of fused-ring (bicyclic) bond motifs is 5. The van der Waals surface area contributed by atoms with Gasteiger partial charge in [0, 0.05) is 23.7 Å². The lowest BCUT2D eigenvalue weighted by Crippen LogP contribution is -2.59. The van der Waals surface area contributed by atoms with Gasteiger partial charge < -0.3 is 20.9 Å². The van der Waals surface area contributed by atoms with E-state index in [0.717, 1.165) is 19.1 Å². The van der Waals surface area contributed by atoms with Crippen LogP contribution >= 0.6 is 0 Å². The number of benzene rings is 2. The van der Waals surface area contributed by atoms with E-state index in [2.05, 4.69) is 5.32 Å². The van der Waals surface area contributed by atoms with E-state index in [9.17, 15) is 27.9 Å². The first kappa shape index (κ1) is 17.3. The average Bonchev–Trinajstić information content (AvgIpc) is 2.91.